The number of rotatable bonds is 11. The van der Waals surface area contributed by atoms with Crippen molar-refractivity contribution >= 4 is 29.1 Å². The third kappa shape index (κ3) is 7.81. The minimum absolute atomic E-state index is 0.0703. The number of carbonyl (C=O) groups excluding carboxylic acids is 2. The number of aromatic amines is 1. The number of amides is 2. The standard InChI is InChI=1S/C35H49ClN6O2/c1-23(34(5,6)7)17-20-35(8)38-30(26-11-10-12-27(36)21-26)32(44)42(35)28(18-19-33(2,3)4)24-13-15-25(16-14-24)31(43)37-22-29-39-40-41(29)9/h10-16,21,23,28,40H,17-20,22H2,1-9H3,(H,37,43). The van der Waals surface area contributed by atoms with Crippen LogP contribution in [0.1, 0.15) is 114 Å². The smallest absolute Gasteiger partial charge is 0.275 e. The van der Waals surface area contributed by atoms with Crippen LogP contribution in [0.25, 0.3) is 0 Å². The molecule has 0 fully saturated rings. The van der Waals surface area contributed by atoms with Gasteiger partial charge in [-0.15, -0.1) is 5.10 Å². The van der Waals surface area contributed by atoms with Crippen LogP contribution in [-0.4, -0.2) is 43.1 Å². The van der Waals surface area contributed by atoms with Gasteiger partial charge in [0.15, 0.2) is 5.82 Å². The molecule has 0 radical (unpaired) electrons. The molecule has 44 heavy (non-hydrogen) atoms. The normalized spacial score (nSPS) is 18.8. The maximum atomic E-state index is 14.5. The quantitative estimate of drug-likeness (QED) is 0.230. The molecule has 0 saturated heterocycles. The summed E-state index contributed by atoms with van der Waals surface area (Å²) in [6.45, 7) is 18.2. The molecule has 238 valence electrons. The minimum atomic E-state index is -0.740. The second kappa shape index (κ2) is 12.9. The molecule has 1 aromatic heterocycles. The molecule has 3 unspecified atom stereocenters. The lowest BCUT2D eigenvalue weighted by atomic mass is 9.78. The van der Waals surface area contributed by atoms with Gasteiger partial charge in [-0.2, -0.15) is 0 Å². The number of nitrogens with one attached hydrogen (secondary N) is 2. The van der Waals surface area contributed by atoms with Crippen LogP contribution in [-0.2, 0) is 18.4 Å². The van der Waals surface area contributed by atoms with Crippen molar-refractivity contribution in [3.8, 4) is 0 Å². The zero-order valence-corrected chi connectivity index (χ0v) is 28.5. The highest BCUT2D eigenvalue weighted by molar-refractivity contribution is 6.47. The minimum Gasteiger partial charge on any atom is -0.345 e. The van der Waals surface area contributed by atoms with Crippen LogP contribution in [0.5, 0.6) is 0 Å². The number of halogens is 1. The van der Waals surface area contributed by atoms with Crippen LogP contribution < -0.4 is 5.32 Å². The summed E-state index contributed by atoms with van der Waals surface area (Å²) < 4.78 is 1.76. The highest BCUT2D eigenvalue weighted by atomic mass is 35.5. The molecule has 1 aliphatic heterocycles. The van der Waals surface area contributed by atoms with Gasteiger partial charge in [-0.3, -0.25) is 19.3 Å². The van der Waals surface area contributed by atoms with E-state index in [4.69, 9.17) is 16.6 Å². The molecule has 4 rings (SSSR count). The van der Waals surface area contributed by atoms with Crippen molar-refractivity contribution in [2.45, 2.75) is 99.3 Å². The second-order valence-corrected chi connectivity index (χ2v) is 15.2. The van der Waals surface area contributed by atoms with Crippen LogP contribution in [0, 0.1) is 16.7 Å². The van der Waals surface area contributed by atoms with Crippen molar-refractivity contribution in [1.82, 2.24) is 25.2 Å². The molecular weight excluding hydrogens is 572 g/mol. The van der Waals surface area contributed by atoms with Crippen molar-refractivity contribution in [2.24, 2.45) is 28.8 Å². The first kappa shape index (κ1) is 33.5. The maximum absolute atomic E-state index is 14.5. The van der Waals surface area contributed by atoms with Gasteiger partial charge in [0, 0.05) is 23.2 Å². The molecule has 0 spiro atoms. The average molecular weight is 621 g/mol. The fourth-order valence-electron chi connectivity index (χ4n) is 5.59. The number of aliphatic imine (C=N–C) groups is 1. The van der Waals surface area contributed by atoms with Gasteiger partial charge < -0.3 is 10.2 Å². The lowest BCUT2D eigenvalue weighted by Crippen LogP contribution is -2.47. The number of hydrogen-bond acceptors (Lipinski definition) is 4. The van der Waals surface area contributed by atoms with Gasteiger partial charge in [0.2, 0.25) is 0 Å². The van der Waals surface area contributed by atoms with Crippen molar-refractivity contribution in [3.05, 3.63) is 76.1 Å². The molecule has 0 saturated carbocycles. The van der Waals surface area contributed by atoms with Gasteiger partial charge in [-0.05, 0) is 79.2 Å². The number of nitrogens with zero attached hydrogens (tertiary/aromatic N) is 4. The number of hydrogen-bond donors (Lipinski definition) is 2. The Morgan fingerprint density at radius 1 is 1.07 bits per heavy atom. The van der Waals surface area contributed by atoms with E-state index in [-0.39, 0.29) is 28.7 Å². The predicted molar refractivity (Wildman–Crippen MR) is 178 cm³/mol. The second-order valence-electron chi connectivity index (χ2n) is 14.8. The Balaban J connectivity index is 1.69. The Kier molecular flexibility index (Phi) is 9.84. The first-order chi connectivity index (χ1) is 20.5. The van der Waals surface area contributed by atoms with Gasteiger partial charge in [0.05, 0.1) is 12.6 Å². The van der Waals surface area contributed by atoms with Gasteiger partial charge >= 0.3 is 0 Å². The number of aromatic nitrogens is 3. The summed E-state index contributed by atoms with van der Waals surface area (Å²) in [6.07, 6.45) is 3.34. The molecule has 2 amide bonds. The monoisotopic (exact) mass is 620 g/mol. The Labute approximate surface area is 267 Å². The van der Waals surface area contributed by atoms with Crippen molar-refractivity contribution in [2.75, 3.05) is 0 Å². The van der Waals surface area contributed by atoms with E-state index in [9.17, 15) is 9.59 Å². The zero-order chi connectivity index (χ0) is 32.4. The fraction of sp³-hybridized carbons (Fsp3) is 0.543. The van der Waals surface area contributed by atoms with E-state index < -0.39 is 5.66 Å². The summed E-state index contributed by atoms with van der Waals surface area (Å²) in [6, 6.07) is 14.8. The SMILES string of the molecule is CC(CCC1(C)N=C(c2cccc(Cl)c2)C(=O)N1C(CCC(C)(C)C)c1ccc(C(=O)NCc2n[nH]n2C)cc1)C(C)(C)C. The molecule has 9 heteroatoms. The third-order valence-electron chi connectivity index (χ3n) is 9.08. The van der Waals surface area contributed by atoms with E-state index in [1.54, 1.807) is 4.68 Å². The van der Waals surface area contributed by atoms with Crippen LogP contribution in [0.4, 0.5) is 0 Å². The number of carbonyl (C=O) groups is 2. The summed E-state index contributed by atoms with van der Waals surface area (Å²) in [4.78, 5) is 34.6. The topological polar surface area (TPSA) is 95.4 Å². The Morgan fingerprint density at radius 2 is 1.75 bits per heavy atom. The molecule has 2 heterocycles. The van der Waals surface area contributed by atoms with Gasteiger partial charge in [0.25, 0.3) is 11.8 Å². The first-order valence-electron chi connectivity index (χ1n) is 15.6. The van der Waals surface area contributed by atoms with Crippen molar-refractivity contribution in [3.63, 3.8) is 0 Å². The average Bonchev–Trinajstić information content (AvgIpc) is 3.20. The maximum Gasteiger partial charge on any atom is 0.275 e. The van der Waals surface area contributed by atoms with Gasteiger partial charge in [0.1, 0.15) is 11.4 Å². The summed E-state index contributed by atoms with van der Waals surface area (Å²) in [5.41, 5.74) is 2.21. The molecular formula is C35H49ClN6O2. The lowest BCUT2D eigenvalue weighted by molar-refractivity contribution is -0.131. The summed E-state index contributed by atoms with van der Waals surface area (Å²) in [7, 11) is 1.85. The Hall–Kier alpha value is -3.39. The molecule has 0 aliphatic carbocycles. The molecule has 3 atom stereocenters. The van der Waals surface area contributed by atoms with Crippen molar-refractivity contribution < 1.29 is 9.59 Å². The summed E-state index contributed by atoms with van der Waals surface area (Å²) in [5.74, 6) is 0.947. The van der Waals surface area contributed by atoms with Crippen LogP contribution in [0.2, 0.25) is 5.02 Å². The van der Waals surface area contributed by atoms with Crippen LogP contribution in [0.15, 0.2) is 53.5 Å². The Bertz CT molecular complexity index is 1490. The fourth-order valence-corrected chi connectivity index (χ4v) is 5.78. The third-order valence-corrected chi connectivity index (χ3v) is 9.32. The van der Waals surface area contributed by atoms with E-state index in [0.717, 1.165) is 42.6 Å². The first-order valence-corrected chi connectivity index (χ1v) is 16.0. The van der Waals surface area contributed by atoms with E-state index in [1.807, 2.05) is 60.5 Å². The number of aryl methyl sites for hydroxylation is 1. The predicted octanol–water partition coefficient (Wildman–Crippen LogP) is 7.71. The van der Waals surface area contributed by atoms with Gasteiger partial charge in [-0.1, -0.05) is 84.3 Å². The molecule has 0 bridgehead atoms. The number of H-pyrrole nitrogens is 1. The highest BCUT2D eigenvalue weighted by Gasteiger charge is 2.48. The number of benzene rings is 2. The lowest BCUT2D eigenvalue weighted by Gasteiger charge is -2.41. The zero-order valence-electron chi connectivity index (χ0n) is 27.8. The molecule has 2 aromatic carbocycles. The largest absolute Gasteiger partial charge is 0.345 e. The van der Waals surface area contributed by atoms with Crippen molar-refractivity contribution in [1.29, 1.82) is 0 Å². The van der Waals surface area contributed by atoms with Crippen LogP contribution >= 0.6 is 11.6 Å². The molecule has 8 nitrogen and oxygen atoms in total. The van der Waals surface area contributed by atoms with E-state index in [2.05, 4.69) is 71.0 Å². The summed E-state index contributed by atoms with van der Waals surface area (Å²) in [5, 5.41) is 10.3. The highest BCUT2D eigenvalue weighted by Crippen LogP contribution is 2.43. The molecule has 2 N–H and O–H groups in total. The van der Waals surface area contributed by atoms with Crippen LogP contribution in [0.3, 0.4) is 0 Å². The molecule has 1 aliphatic rings. The molecule has 3 aromatic rings. The Morgan fingerprint density at radius 3 is 2.30 bits per heavy atom. The van der Waals surface area contributed by atoms with Gasteiger partial charge in [-0.25, -0.2) is 5.21 Å². The van der Waals surface area contributed by atoms with E-state index >= 15 is 0 Å². The van der Waals surface area contributed by atoms with E-state index in [0.29, 0.717) is 28.8 Å². The summed E-state index contributed by atoms with van der Waals surface area (Å²) >= 11 is 6.36. The van der Waals surface area contributed by atoms with E-state index in [1.165, 1.54) is 0 Å².